The lowest BCUT2D eigenvalue weighted by Gasteiger charge is -2.14. The van der Waals surface area contributed by atoms with Crippen LogP contribution in [0.15, 0.2) is 35.5 Å². The van der Waals surface area contributed by atoms with E-state index in [2.05, 4.69) is 26.9 Å². The molecule has 0 unspecified atom stereocenters. The van der Waals surface area contributed by atoms with Crippen LogP contribution in [0.25, 0.3) is 0 Å². The Morgan fingerprint density at radius 2 is 2.17 bits per heavy atom. The van der Waals surface area contributed by atoms with Gasteiger partial charge < -0.3 is 15.0 Å². The molecule has 1 aromatic heterocycles. The molecule has 1 atom stereocenters. The summed E-state index contributed by atoms with van der Waals surface area (Å²) in [7, 11) is 0. The zero-order valence-electron chi connectivity index (χ0n) is 12.9. The summed E-state index contributed by atoms with van der Waals surface area (Å²) in [5.41, 5.74) is 6.42. The summed E-state index contributed by atoms with van der Waals surface area (Å²) < 4.78 is 7.80. The number of primary amides is 1. The van der Waals surface area contributed by atoms with E-state index in [0.717, 1.165) is 37.0 Å². The molecule has 0 bridgehead atoms. The molecule has 122 valence electrons. The van der Waals surface area contributed by atoms with Crippen LogP contribution in [0.4, 0.5) is 0 Å². The van der Waals surface area contributed by atoms with Crippen molar-refractivity contribution in [1.82, 2.24) is 14.8 Å². The van der Waals surface area contributed by atoms with Gasteiger partial charge in [-0.25, -0.2) is 0 Å². The zero-order chi connectivity index (χ0) is 16.1. The number of benzene rings is 1. The van der Waals surface area contributed by atoms with E-state index in [1.54, 1.807) is 0 Å². The summed E-state index contributed by atoms with van der Waals surface area (Å²) in [5, 5.41) is 9.28. The van der Waals surface area contributed by atoms with Gasteiger partial charge in [0.25, 0.3) is 0 Å². The zero-order valence-corrected chi connectivity index (χ0v) is 13.7. The van der Waals surface area contributed by atoms with E-state index >= 15 is 0 Å². The second-order valence-electron chi connectivity index (χ2n) is 5.56. The van der Waals surface area contributed by atoms with Crippen LogP contribution in [0, 0.1) is 0 Å². The lowest BCUT2D eigenvalue weighted by atomic mass is 10.1. The summed E-state index contributed by atoms with van der Waals surface area (Å²) >= 11 is 1.33. The van der Waals surface area contributed by atoms with Gasteiger partial charge in [0.05, 0.1) is 18.4 Å². The van der Waals surface area contributed by atoms with E-state index in [9.17, 15) is 4.79 Å². The van der Waals surface area contributed by atoms with Gasteiger partial charge in [-0.2, -0.15) is 0 Å². The quantitative estimate of drug-likeness (QED) is 0.779. The Morgan fingerprint density at radius 1 is 1.35 bits per heavy atom. The van der Waals surface area contributed by atoms with Gasteiger partial charge in [-0.05, 0) is 18.4 Å². The van der Waals surface area contributed by atoms with Crippen LogP contribution in [0.2, 0.25) is 0 Å². The molecule has 1 aliphatic rings. The highest BCUT2D eigenvalue weighted by Crippen LogP contribution is 2.22. The number of hydrogen-bond donors (Lipinski definition) is 1. The van der Waals surface area contributed by atoms with E-state index in [4.69, 9.17) is 10.5 Å². The predicted octanol–water partition coefficient (Wildman–Crippen LogP) is 1.63. The van der Waals surface area contributed by atoms with Gasteiger partial charge in [-0.15, -0.1) is 10.2 Å². The molecule has 1 aliphatic heterocycles. The largest absolute Gasteiger partial charge is 0.376 e. The van der Waals surface area contributed by atoms with Crippen molar-refractivity contribution >= 4 is 17.7 Å². The Morgan fingerprint density at radius 3 is 2.87 bits per heavy atom. The maximum absolute atomic E-state index is 11.0. The minimum absolute atomic E-state index is 0.188. The first-order valence-corrected chi connectivity index (χ1v) is 8.69. The number of nitrogens with two attached hydrogens (primary N) is 1. The lowest BCUT2D eigenvalue weighted by Crippen LogP contribution is -2.19. The molecule has 23 heavy (non-hydrogen) atoms. The third kappa shape index (κ3) is 4.33. The van der Waals surface area contributed by atoms with E-state index in [1.165, 1.54) is 17.3 Å². The predicted molar refractivity (Wildman–Crippen MR) is 88.2 cm³/mol. The fraction of sp³-hybridized carbons (Fsp3) is 0.438. The molecule has 2 aromatic rings. The first-order chi connectivity index (χ1) is 11.2. The van der Waals surface area contributed by atoms with E-state index in [0.29, 0.717) is 6.42 Å². The number of ether oxygens (including phenoxy) is 1. The lowest BCUT2D eigenvalue weighted by molar-refractivity contribution is -0.115. The van der Waals surface area contributed by atoms with Gasteiger partial charge in [-0.3, -0.25) is 4.79 Å². The topological polar surface area (TPSA) is 83.0 Å². The normalized spacial score (nSPS) is 17.5. The van der Waals surface area contributed by atoms with Crippen LogP contribution in [-0.2, 0) is 22.5 Å². The van der Waals surface area contributed by atoms with Crippen LogP contribution in [0.1, 0.15) is 24.2 Å². The second-order valence-corrected chi connectivity index (χ2v) is 6.50. The smallest absolute Gasteiger partial charge is 0.227 e. The number of rotatable bonds is 7. The molecule has 2 heterocycles. The highest BCUT2D eigenvalue weighted by Gasteiger charge is 2.21. The van der Waals surface area contributed by atoms with E-state index in [-0.39, 0.29) is 17.8 Å². The number of thioether (sulfide) groups is 1. The highest BCUT2D eigenvalue weighted by atomic mass is 32.2. The van der Waals surface area contributed by atoms with Crippen molar-refractivity contribution in [3.63, 3.8) is 0 Å². The van der Waals surface area contributed by atoms with Crippen molar-refractivity contribution in [1.29, 1.82) is 0 Å². The number of carbonyl (C=O) groups is 1. The maximum Gasteiger partial charge on any atom is 0.227 e. The Kier molecular flexibility index (Phi) is 5.30. The first-order valence-electron chi connectivity index (χ1n) is 7.71. The number of nitrogens with zero attached hydrogens (tertiary/aromatic N) is 3. The fourth-order valence-electron chi connectivity index (χ4n) is 2.65. The van der Waals surface area contributed by atoms with Gasteiger partial charge in [-0.1, -0.05) is 42.1 Å². The highest BCUT2D eigenvalue weighted by molar-refractivity contribution is 7.99. The minimum Gasteiger partial charge on any atom is -0.376 e. The minimum atomic E-state index is -0.355. The number of aromatic nitrogens is 3. The molecule has 1 saturated heterocycles. The van der Waals surface area contributed by atoms with Crippen molar-refractivity contribution in [2.45, 2.75) is 37.1 Å². The third-order valence-corrected chi connectivity index (χ3v) is 4.74. The first kappa shape index (κ1) is 16.0. The molecule has 3 rings (SSSR count). The molecule has 2 N–H and O–H groups in total. The Balaban J connectivity index is 1.80. The van der Waals surface area contributed by atoms with Crippen LogP contribution >= 0.6 is 11.8 Å². The molecule has 0 saturated carbocycles. The molecule has 1 amide bonds. The molecule has 0 radical (unpaired) electrons. The number of amides is 1. The van der Waals surface area contributed by atoms with Gasteiger partial charge in [0.1, 0.15) is 5.82 Å². The molecular weight excluding hydrogens is 312 g/mol. The molecule has 1 aromatic carbocycles. The average Bonchev–Trinajstić information content (AvgIpc) is 3.18. The molecule has 1 fully saturated rings. The fourth-order valence-corrected chi connectivity index (χ4v) is 3.35. The van der Waals surface area contributed by atoms with Gasteiger partial charge in [0.15, 0.2) is 5.16 Å². The standard InChI is InChI=1S/C16H20N4O2S/c17-14(21)11-23-16-19-18-15(9-12-5-2-1-3-6-12)20(16)10-13-7-4-8-22-13/h1-3,5-6,13H,4,7-11H2,(H2,17,21)/t13-/m1/s1. The maximum atomic E-state index is 11.0. The van der Waals surface area contributed by atoms with Crippen LogP contribution in [-0.4, -0.2) is 39.1 Å². The summed E-state index contributed by atoms with van der Waals surface area (Å²) in [6.07, 6.45) is 3.03. The molecule has 0 spiro atoms. The van der Waals surface area contributed by atoms with Gasteiger partial charge >= 0.3 is 0 Å². The van der Waals surface area contributed by atoms with Crippen molar-refractivity contribution in [2.24, 2.45) is 5.73 Å². The third-order valence-electron chi connectivity index (χ3n) is 3.75. The van der Waals surface area contributed by atoms with Crippen LogP contribution < -0.4 is 5.73 Å². The van der Waals surface area contributed by atoms with Crippen LogP contribution in [0.5, 0.6) is 0 Å². The summed E-state index contributed by atoms with van der Waals surface area (Å²) in [4.78, 5) is 11.0. The SMILES string of the molecule is NC(=O)CSc1nnc(Cc2ccccc2)n1C[C@H]1CCCO1. The number of hydrogen-bond acceptors (Lipinski definition) is 5. The monoisotopic (exact) mass is 332 g/mol. The van der Waals surface area contributed by atoms with Crippen molar-refractivity contribution in [3.8, 4) is 0 Å². The van der Waals surface area contributed by atoms with E-state index < -0.39 is 0 Å². The van der Waals surface area contributed by atoms with Gasteiger partial charge in [0, 0.05) is 13.0 Å². The summed E-state index contributed by atoms with van der Waals surface area (Å²) in [5.74, 6) is 0.736. The van der Waals surface area contributed by atoms with Crippen molar-refractivity contribution in [2.75, 3.05) is 12.4 Å². The summed E-state index contributed by atoms with van der Waals surface area (Å²) in [6.45, 7) is 1.53. The van der Waals surface area contributed by atoms with Crippen molar-refractivity contribution < 1.29 is 9.53 Å². The number of carbonyl (C=O) groups excluding carboxylic acids is 1. The molecule has 6 nitrogen and oxygen atoms in total. The Labute approximate surface area is 139 Å². The Hall–Kier alpha value is -1.86. The Bertz CT molecular complexity index is 653. The molecular formula is C16H20N4O2S. The van der Waals surface area contributed by atoms with Crippen LogP contribution in [0.3, 0.4) is 0 Å². The summed E-state index contributed by atoms with van der Waals surface area (Å²) in [6, 6.07) is 10.2. The van der Waals surface area contributed by atoms with E-state index in [1.807, 2.05) is 18.2 Å². The molecule has 0 aliphatic carbocycles. The van der Waals surface area contributed by atoms with Crippen molar-refractivity contribution in [3.05, 3.63) is 41.7 Å². The molecule has 7 heteroatoms. The second kappa shape index (κ2) is 7.61. The van der Waals surface area contributed by atoms with Gasteiger partial charge in [0.2, 0.25) is 5.91 Å². The average molecular weight is 332 g/mol.